The second kappa shape index (κ2) is 6.62. The van der Waals surface area contributed by atoms with E-state index in [0.717, 1.165) is 44.3 Å². The second-order valence-electron chi connectivity index (χ2n) is 6.38. The molecule has 1 saturated carbocycles. The van der Waals surface area contributed by atoms with Crippen LogP contribution in [0.25, 0.3) is 0 Å². The van der Waals surface area contributed by atoms with E-state index in [0.29, 0.717) is 24.3 Å². The van der Waals surface area contributed by atoms with E-state index < -0.39 is 0 Å². The molecule has 1 aliphatic heterocycles. The normalized spacial score (nSPS) is 19.8. The number of rotatable bonds is 6. The summed E-state index contributed by atoms with van der Waals surface area (Å²) >= 11 is 0. The van der Waals surface area contributed by atoms with Gasteiger partial charge >= 0.3 is 0 Å². The van der Waals surface area contributed by atoms with Gasteiger partial charge in [0.15, 0.2) is 0 Å². The number of hydrogen-bond acceptors (Lipinski definition) is 7. The quantitative estimate of drug-likeness (QED) is 0.807. The summed E-state index contributed by atoms with van der Waals surface area (Å²) in [5, 5.41) is 8.31. The monoisotopic (exact) mass is 315 g/mol. The maximum Gasteiger partial charge on any atom is 0.232 e. The summed E-state index contributed by atoms with van der Waals surface area (Å²) in [5.74, 6) is 3.28. The molecule has 1 aliphatic carbocycles. The lowest BCUT2D eigenvalue weighted by Crippen LogP contribution is -2.35. The Morgan fingerprint density at radius 1 is 1.13 bits per heavy atom. The predicted octanol–water partition coefficient (Wildman–Crippen LogP) is 2.03. The molecular weight excluding hydrogens is 294 g/mol. The summed E-state index contributed by atoms with van der Waals surface area (Å²) in [6, 6.07) is 0. The van der Waals surface area contributed by atoms with Crippen LogP contribution in [-0.2, 0) is 6.54 Å². The number of piperidine rings is 1. The van der Waals surface area contributed by atoms with Crippen LogP contribution in [0.3, 0.4) is 0 Å². The van der Waals surface area contributed by atoms with E-state index in [4.69, 9.17) is 9.15 Å². The number of hydrogen-bond donors (Lipinski definition) is 0. The zero-order chi connectivity index (χ0) is 15.5. The number of likely N-dealkylation sites (tertiary alicyclic amines) is 1. The van der Waals surface area contributed by atoms with Crippen LogP contribution in [0, 0.1) is 5.92 Å². The molecule has 0 amide bonds. The molecule has 2 aromatic rings. The molecule has 0 bridgehead atoms. The minimum absolute atomic E-state index is 0.528. The highest BCUT2D eigenvalue weighted by Gasteiger charge is 2.30. The minimum atomic E-state index is 0.528. The van der Waals surface area contributed by atoms with Crippen molar-refractivity contribution < 1.29 is 9.15 Å². The van der Waals surface area contributed by atoms with Gasteiger partial charge in [0.05, 0.1) is 19.3 Å². The first kappa shape index (κ1) is 14.6. The van der Waals surface area contributed by atoms with Crippen LogP contribution < -0.4 is 4.74 Å². The van der Waals surface area contributed by atoms with Gasteiger partial charge in [-0.3, -0.25) is 9.88 Å². The van der Waals surface area contributed by atoms with E-state index in [1.54, 1.807) is 18.6 Å². The van der Waals surface area contributed by atoms with Gasteiger partial charge in [-0.25, -0.2) is 4.98 Å². The van der Waals surface area contributed by atoms with Gasteiger partial charge in [-0.1, -0.05) is 0 Å². The van der Waals surface area contributed by atoms with Gasteiger partial charge in [0.2, 0.25) is 17.7 Å². The van der Waals surface area contributed by atoms with Crippen LogP contribution in [0.1, 0.15) is 43.4 Å². The maximum absolute atomic E-state index is 5.74. The van der Waals surface area contributed by atoms with Crippen molar-refractivity contribution in [1.82, 2.24) is 25.1 Å². The molecule has 0 aromatic carbocycles. The summed E-state index contributed by atoms with van der Waals surface area (Å²) in [5.41, 5.74) is 0. The molecule has 0 unspecified atom stereocenters. The SMILES string of the molecule is c1cnc(OCC2CCN(Cc3nnc(C4CC4)o3)CC2)cn1. The fourth-order valence-electron chi connectivity index (χ4n) is 2.89. The Kier molecular flexibility index (Phi) is 4.19. The zero-order valence-corrected chi connectivity index (χ0v) is 13.1. The first-order valence-corrected chi connectivity index (χ1v) is 8.30. The highest BCUT2D eigenvalue weighted by molar-refractivity contribution is 5.01. The third-order valence-electron chi connectivity index (χ3n) is 4.48. The Bertz CT molecular complexity index is 620. The van der Waals surface area contributed by atoms with Crippen LogP contribution in [0.2, 0.25) is 0 Å². The highest BCUT2D eigenvalue weighted by Crippen LogP contribution is 2.39. The van der Waals surface area contributed by atoms with Gasteiger partial charge in [0, 0.05) is 18.3 Å². The van der Waals surface area contributed by atoms with Crippen molar-refractivity contribution in [1.29, 1.82) is 0 Å². The Hall–Kier alpha value is -2.02. The molecule has 0 radical (unpaired) electrons. The smallest absolute Gasteiger partial charge is 0.232 e. The standard InChI is InChI=1S/C16H21N5O2/c1-2-13(1)16-20-19-15(23-16)10-21-7-3-12(4-8-21)11-22-14-9-17-5-6-18-14/h5-6,9,12-13H,1-4,7-8,10-11H2. The summed E-state index contributed by atoms with van der Waals surface area (Å²) in [7, 11) is 0. The van der Waals surface area contributed by atoms with Crippen LogP contribution in [0.15, 0.2) is 23.0 Å². The molecular formula is C16H21N5O2. The van der Waals surface area contributed by atoms with Gasteiger partial charge in [-0.05, 0) is 44.7 Å². The summed E-state index contributed by atoms with van der Waals surface area (Å²) in [6.07, 6.45) is 9.57. The second-order valence-corrected chi connectivity index (χ2v) is 6.38. The molecule has 3 heterocycles. The van der Waals surface area contributed by atoms with Gasteiger partial charge in [0.25, 0.3) is 0 Å². The summed E-state index contributed by atoms with van der Waals surface area (Å²) in [4.78, 5) is 10.5. The lowest BCUT2D eigenvalue weighted by atomic mass is 9.98. The summed E-state index contributed by atoms with van der Waals surface area (Å²) in [6.45, 7) is 3.54. The first-order valence-electron chi connectivity index (χ1n) is 8.30. The van der Waals surface area contributed by atoms with Crippen molar-refractivity contribution in [2.24, 2.45) is 5.92 Å². The third kappa shape index (κ3) is 3.85. The van der Waals surface area contributed by atoms with Crippen molar-refractivity contribution in [3.05, 3.63) is 30.4 Å². The Morgan fingerprint density at radius 3 is 2.74 bits per heavy atom. The molecule has 7 nitrogen and oxygen atoms in total. The van der Waals surface area contributed by atoms with E-state index >= 15 is 0 Å². The summed E-state index contributed by atoms with van der Waals surface area (Å²) < 4.78 is 11.4. The maximum atomic E-state index is 5.74. The van der Waals surface area contributed by atoms with Gasteiger partial charge in [-0.15, -0.1) is 10.2 Å². The van der Waals surface area contributed by atoms with E-state index in [1.165, 1.54) is 12.8 Å². The number of ether oxygens (including phenoxy) is 1. The molecule has 23 heavy (non-hydrogen) atoms. The highest BCUT2D eigenvalue weighted by atomic mass is 16.5. The fourth-order valence-corrected chi connectivity index (χ4v) is 2.89. The minimum Gasteiger partial charge on any atom is -0.476 e. The van der Waals surface area contributed by atoms with Crippen molar-refractivity contribution in [3.8, 4) is 5.88 Å². The van der Waals surface area contributed by atoms with Crippen LogP contribution >= 0.6 is 0 Å². The average Bonchev–Trinajstić information content (AvgIpc) is 3.35. The van der Waals surface area contributed by atoms with Crippen LogP contribution in [-0.4, -0.2) is 44.8 Å². The molecule has 2 aromatic heterocycles. The van der Waals surface area contributed by atoms with Crippen LogP contribution in [0.4, 0.5) is 0 Å². The Balaban J connectivity index is 1.21. The third-order valence-corrected chi connectivity index (χ3v) is 4.48. The molecule has 4 rings (SSSR count). The van der Waals surface area contributed by atoms with Gasteiger partial charge in [-0.2, -0.15) is 0 Å². The Labute approximate surface area is 135 Å². The molecule has 7 heteroatoms. The fraction of sp³-hybridized carbons (Fsp3) is 0.625. The lowest BCUT2D eigenvalue weighted by molar-refractivity contribution is 0.126. The van der Waals surface area contributed by atoms with E-state index in [-0.39, 0.29) is 0 Å². The van der Waals surface area contributed by atoms with E-state index in [9.17, 15) is 0 Å². The molecule has 2 aliphatic rings. The molecule has 2 fully saturated rings. The van der Waals surface area contributed by atoms with Gasteiger partial charge in [0.1, 0.15) is 0 Å². The molecule has 0 atom stereocenters. The molecule has 0 spiro atoms. The predicted molar refractivity (Wildman–Crippen MR) is 81.8 cm³/mol. The van der Waals surface area contributed by atoms with Crippen molar-refractivity contribution in [3.63, 3.8) is 0 Å². The molecule has 1 saturated heterocycles. The van der Waals surface area contributed by atoms with Crippen molar-refractivity contribution in [2.45, 2.75) is 38.1 Å². The average molecular weight is 315 g/mol. The Morgan fingerprint density at radius 2 is 2.00 bits per heavy atom. The topological polar surface area (TPSA) is 77.2 Å². The molecule has 0 N–H and O–H groups in total. The van der Waals surface area contributed by atoms with Crippen molar-refractivity contribution >= 4 is 0 Å². The van der Waals surface area contributed by atoms with Gasteiger partial charge < -0.3 is 9.15 Å². The zero-order valence-electron chi connectivity index (χ0n) is 13.1. The largest absolute Gasteiger partial charge is 0.476 e. The lowest BCUT2D eigenvalue weighted by Gasteiger charge is -2.30. The number of aromatic nitrogens is 4. The first-order chi connectivity index (χ1) is 11.4. The van der Waals surface area contributed by atoms with E-state index in [2.05, 4.69) is 25.1 Å². The number of nitrogens with zero attached hydrogens (tertiary/aromatic N) is 5. The van der Waals surface area contributed by atoms with Crippen LogP contribution in [0.5, 0.6) is 5.88 Å². The molecule has 122 valence electrons. The van der Waals surface area contributed by atoms with E-state index in [1.807, 2.05) is 0 Å². The van der Waals surface area contributed by atoms with Crippen molar-refractivity contribution in [2.75, 3.05) is 19.7 Å².